The van der Waals surface area contributed by atoms with Gasteiger partial charge in [0.25, 0.3) is 5.91 Å². The van der Waals surface area contributed by atoms with Crippen molar-refractivity contribution >= 4 is 5.91 Å². The molecule has 2 aromatic carbocycles. The van der Waals surface area contributed by atoms with Crippen LogP contribution in [0, 0.1) is 17.5 Å². The Bertz CT molecular complexity index is 1090. The second-order valence-corrected chi connectivity index (χ2v) is 10.1. The van der Waals surface area contributed by atoms with E-state index in [1.165, 1.54) is 12.1 Å². The number of hydrogen-bond acceptors (Lipinski definition) is 5. The molecule has 2 fully saturated rings. The average molecular weight is 508 g/mol. The minimum atomic E-state index is -1.39. The van der Waals surface area contributed by atoms with Crippen molar-refractivity contribution in [2.75, 3.05) is 0 Å². The van der Waals surface area contributed by atoms with Crippen LogP contribution in [-0.2, 0) is 37.0 Å². The van der Waals surface area contributed by atoms with Crippen molar-refractivity contribution in [2.24, 2.45) is 0 Å². The predicted molar refractivity (Wildman–Crippen MR) is 125 cm³/mol. The Morgan fingerprint density at radius 2 is 1.78 bits per heavy atom. The Hall–Kier alpha value is -2.46. The summed E-state index contributed by atoms with van der Waals surface area (Å²) in [5, 5.41) is 2.91. The molecule has 1 heterocycles. The summed E-state index contributed by atoms with van der Waals surface area (Å²) in [6, 6.07) is 9.59. The fourth-order valence-electron chi connectivity index (χ4n) is 4.77. The van der Waals surface area contributed by atoms with Gasteiger partial charge < -0.3 is 24.3 Å². The summed E-state index contributed by atoms with van der Waals surface area (Å²) >= 11 is 0. The van der Waals surface area contributed by atoms with Crippen molar-refractivity contribution in [3.63, 3.8) is 0 Å². The van der Waals surface area contributed by atoms with Crippen molar-refractivity contribution in [3.05, 3.63) is 71.0 Å². The molecule has 1 saturated heterocycles. The van der Waals surface area contributed by atoms with Crippen molar-refractivity contribution < 1.29 is 36.9 Å². The van der Waals surface area contributed by atoms with Gasteiger partial charge in [0.05, 0.1) is 25.4 Å². The summed E-state index contributed by atoms with van der Waals surface area (Å²) in [6.45, 7) is 7.05. The molecule has 1 N–H and O–H groups in total. The zero-order chi connectivity index (χ0) is 26.1. The highest BCUT2D eigenvalue weighted by atomic mass is 19.2. The first-order valence-electron chi connectivity index (χ1n) is 12.1. The lowest BCUT2D eigenvalue weighted by Crippen LogP contribution is -2.60. The molecule has 0 bridgehead atoms. The van der Waals surface area contributed by atoms with E-state index >= 15 is 0 Å². The molecular weight excluding hydrogens is 475 g/mol. The molecular formula is C27H32F3NO5. The van der Waals surface area contributed by atoms with Gasteiger partial charge in [-0.1, -0.05) is 24.3 Å². The number of nitrogens with one attached hydrogen (secondary N) is 1. The van der Waals surface area contributed by atoms with E-state index in [4.69, 9.17) is 18.9 Å². The molecule has 0 aromatic heterocycles. The van der Waals surface area contributed by atoms with Gasteiger partial charge in [-0.3, -0.25) is 4.79 Å². The van der Waals surface area contributed by atoms with E-state index in [-0.39, 0.29) is 38.0 Å². The number of fused-ring (bicyclic) bond motifs is 1. The van der Waals surface area contributed by atoms with E-state index in [1.54, 1.807) is 32.0 Å². The van der Waals surface area contributed by atoms with Gasteiger partial charge in [-0.05, 0) is 51.5 Å². The maximum atomic E-state index is 14.3. The van der Waals surface area contributed by atoms with Gasteiger partial charge in [0, 0.05) is 24.4 Å². The van der Waals surface area contributed by atoms with Crippen LogP contribution in [0.3, 0.4) is 0 Å². The molecule has 0 radical (unpaired) electrons. The van der Waals surface area contributed by atoms with Crippen LogP contribution in [0.1, 0.15) is 51.7 Å². The van der Waals surface area contributed by atoms with Gasteiger partial charge in [-0.25, -0.2) is 13.2 Å². The average Bonchev–Trinajstić information content (AvgIpc) is 3.12. The van der Waals surface area contributed by atoms with Crippen molar-refractivity contribution in [1.29, 1.82) is 0 Å². The van der Waals surface area contributed by atoms with Crippen molar-refractivity contribution in [3.8, 4) is 0 Å². The summed E-state index contributed by atoms with van der Waals surface area (Å²) in [5.74, 6) is -3.63. The molecule has 2 aliphatic rings. The van der Waals surface area contributed by atoms with E-state index < -0.39 is 47.2 Å². The number of ether oxygens (including phenoxy) is 4. The van der Waals surface area contributed by atoms with Crippen molar-refractivity contribution in [2.45, 2.75) is 89.5 Å². The second-order valence-electron chi connectivity index (χ2n) is 10.1. The number of hydrogen-bond donors (Lipinski definition) is 1. The first-order valence-corrected chi connectivity index (χ1v) is 12.1. The number of carbonyl (C=O) groups is 1. The molecule has 9 heteroatoms. The molecule has 6 nitrogen and oxygen atoms in total. The van der Waals surface area contributed by atoms with Gasteiger partial charge in [0.2, 0.25) is 0 Å². The lowest BCUT2D eigenvalue weighted by atomic mass is 9.78. The second kappa shape index (κ2) is 10.5. The topological polar surface area (TPSA) is 66.0 Å². The minimum absolute atomic E-state index is 0.0376. The molecule has 36 heavy (non-hydrogen) atoms. The Morgan fingerprint density at radius 1 is 1.03 bits per heavy atom. The van der Waals surface area contributed by atoms with Crippen LogP contribution in [0.2, 0.25) is 0 Å². The molecule has 2 aromatic rings. The number of benzene rings is 2. The lowest BCUT2D eigenvalue weighted by Gasteiger charge is -2.43. The highest BCUT2D eigenvalue weighted by molar-refractivity contribution is 5.85. The molecule has 196 valence electrons. The van der Waals surface area contributed by atoms with Crippen LogP contribution in [0.25, 0.3) is 0 Å². The third-order valence-electron chi connectivity index (χ3n) is 6.39. The Kier molecular flexibility index (Phi) is 7.75. The van der Waals surface area contributed by atoms with Gasteiger partial charge >= 0.3 is 0 Å². The van der Waals surface area contributed by atoms with Crippen LogP contribution >= 0.6 is 0 Å². The highest BCUT2D eigenvalue weighted by Crippen LogP contribution is 2.44. The smallest absolute Gasteiger partial charge is 0.252 e. The van der Waals surface area contributed by atoms with Gasteiger partial charge in [-0.15, -0.1) is 0 Å². The summed E-state index contributed by atoms with van der Waals surface area (Å²) in [6.07, 6.45) is -1.44. The molecule has 1 aliphatic carbocycles. The summed E-state index contributed by atoms with van der Waals surface area (Å²) < 4.78 is 66.0. The number of carbonyl (C=O) groups excluding carboxylic acids is 1. The number of halogens is 3. The quantitative estimate of drug-likeness (QED) is 0.557. The van der Waals surface area contributed by atoms with Gasteiger partial charge in [-0.2, -0.15) is 0 Å². The van der Waals surface area contributed by atoms with Gasteiger partial charge in [0.15, 0.2) is 23.0 Å². The summed E-state index contributed by atoms with van der Waals surface area (Å²) in [5.41, 5.74) is -0.644. The Morgan fingerprint density at radius 3 is 2.47 bits per heavy atom. The fraction of sp³-hybridized carbons (Fsp3) is 0.519. The number of amides is 1. The highest BCUT2D eigenvalue weighted by Gasteiger charge is 2.58. The molecule has 1 amide bonds. The maximum absolute atomic E-state index is 14.3. The molecule has 4 rings (SSSR count). The van der Waals surface area contributed by atoms with Gasteiger partial charge in [0.1, 0.15) is 11.9 Å². The van der Waals surface area contributed by atoms with Crippen LogP contribution in [0.4, 0.5) is 13.2 Å². The Balaban J connectivity index is 1.62. The molecule has 1 aliphatic heterocycles. The largest absolute Gasteiger partial charge is 0.371 e. The first-order chi connectivity index (χ1) is 17.0. The molecule has 0 spiro atoms. The fourth-order valence-corrected chi connectivity index (χ4v) is 4.77. The zero-order valence-corrected chi connectivity index (χ0v) is 20.9. The molecule has 4 atom stereocenters. The van der Waals surface area contributed by atoms with E-state index in [2.05, 4.69) is 5.32 Å². The van der Waals surface area contributed by atoms with E-state index in [1.807, 2.05) is 13.8 Å². The standard InChI is InChI=1S/C27H32F3NO5/c1-16(2)31-25(32)27(34-15-18-7-5-6-8-19(18)28)12-22(24-23(13-27)35-26(3,4)36-24)33-14-17-9-10-20(29)21(30)11-17/h5-11,16,22-24H,12-15H2,1-4H3,(H,31,32)/t22-,23+,24-,27+/m0/s1. The molecule has 1 saturated carbocycles. The zero-order valence-electron chi connectivity index (χ0n) is 20.9. The summed E-state index contributed by atoms with van der Waals surface area (Å²) in [4.78, 5) is 13.5. The SMILES string of the molecule is CC(C)NC(=O)[C@@]1(OCc2ccccc2F)C[C@H](OCc2ccc(F)c(F)c2)[C@@H]2OC(C)(C)O[C@@H]2C1. The minimum Gasteiger partial charge on any atom is -0.371 e. The van der Waals surface area contributed by atoms with E-state index in [0.717, 1.165) is 12.1 Å². The van der Waals surface area contributed by atoms with Crippen molar-refractivity contribution in [1.82, 2.24) is 5.32 Å². The van der Waals surface area contributed by atoms with Crippen LogP contribution in [0.5, 0.6) is 0 Å². The monoisotopic (exact) mass is 507 g/mol. The number of rotatable bonds is 8. The van der Waals surface area contributed by atoms with E-state index in [0.29, 0.717) is 11.1 Å². The van der Waals surface area contributed by atoms with Crippen LogP contribution in [-0.4, -0.2) is 41.6 Å². The normalized spacial score (nSPS) is 27.2. The maximum Gasteiger partial charge on any atom is 0.252 e. The third kappa shape index (κ3) is 5.91. The third-order valence-corrected chi connectivity index (χ3v) is 6.39. The predicted octanol–water partition coefficient (Wildman–Crippen LogP) is 4.78. The first kappa shape index (κ1) is 26.6. The van der Waals surface area contributed by atoms with Crippen LogP contribution < -0.4 is 5.32 Å². The van der Waals surface area contributed by atoms with E-state index in [9.17, 15) is 18.0 Å². The summed E-state index contributed by atoms with van der Waals surface area (Å²) in [7, 11) is 0. The Labute approximate surface area is 209 Å². The lowest BCUT2D eigenvalue weighted by molar-refractivity contribution is -0.184. The molecule has 0 unspecified atom stereocenters. The van der Waals surface area contributed by atoms with Crippen LogP contribution in [0.15, 0.2) is 42.5 Å².